The number of hydrogen-bond acceptors (Lipinski definition) is 5. The Kier molecular flexibility index (Phi) is 5.76. The summed E-state index contributed by atoms with van der Waals surface area (Å²) in [6, 6.07) is 5.08. The molecule has 0 aliphatic rings. The predicted octanol–water partition coefficient (Wildman–Crippen LogP) is 0.498. The summed E-state index contributed by atoms with van der Waals surface area (Å²) in [6.45, 7) is 1.00. The minimum absolute atomic E-state index is 0.00990. The van der Waals surface area contributed by atoms with Gasteiger partial charge in [-0.2, -0.15) is 0 Å². The number of ether oxygens (including phenoxy) is 2. The zero-order valence-corrected chi connectivity index (χ0v) is 10.1. The van der Waals surface area contributed by atoms with Gasteiger partial charge < -0.3 is 25.0 Å². The Bertz CT molecular complexity index is 343. The Morgan fingerprint density at radius 1 is 1.35 bits per heavy atom. The van der Waals surface area contributed by atoms with Crippen LogP contribution in [0.25, 0.3) is 0 Å². The largest absolute Gasteiger partial charge is 0.504 e. The molecule has 0 aromatic heterocycles. The van der Waals surface area contributed by atoms with E-state index in [1.807, 2.05) is 6.07 Å². The number of aromatic hydroxyl groups is 1. The third-order valence-corrected chi connectivity index (χ3v) is 2.43. The zero-order chi connectivity index (χ0) is 12.7. The number of phenolic OH excluding ortho intramolecular Hbond substituents is 1. The fraction of sp³-hybridized carbons (Fsp3) is 0.500. The lowest BCUT2D eigenvalue weighted by molar-refractivity contribution is 0.128. The van der Waals surface area contributed by atoms with Gasteiger partial charge >= 0.3 is 0 Å². The normalized spacial score (nSPS) is 12.4. The van der Waals surface area contributed by atoms with E-state index in [2.05, 4.69) is 5.32 Å². The fourth-order valence-corrected chi connectivity index (χ4v) is 1.49. The topological polar surface area (TPSA) is 71.0 Å². The quantitative estimate of drug-likeness (QED) is 0.648. The second-order valence-corrected chi connectivity index (χ2v) is 3.72. The fourth-order valence-electron chi connectivity index (χ4n) is 1.49. The van der Waals surface area contributed by atoms with Crippen molar-refractivity contribution < 1.29 is 19.7 Å². The van der Waals surface area contributed by atoms with Gasteiger partial charge in [0, 0.05) is 13.7 Å². The third kappa shape index (κ3) is 4.22. The Balaban J connectivity index is 2.54. The Morgan fingerprint density at radius 3 is 2.65 bits per heavy atom. The molecule has 0 amide bonds. The number of rotatable bonds is 7. The Morgan fingerprint density at radius 2 is 2.12 bits per heavy atom. The van der Waals surface area contributed by atoms with Gasteiger partial charge in [-0.1, -0.05) is 6.07 Å². The van der Waals surface area contributed by atoms with E-state index < -0.39 is 0 Å². The standard InChI is InChI=1S/C12H19NO4/c1-16-8-10(7-14)13-6-9-3-4-12(17-2)11(15)5-9/h3-5,10,13-15H,6-8H2,1-2H3. The van der Waals surface area contributed by atoms with Crippen LogP contribution in [-0.2, 0) is 11.3 Å². The highest BCUT2D eigenvalue weighted by atomic mass is 16.5. The first kappa shape index (κ1) is 13.8. The smallest absolute Gasteiger partial charge is 0.160 e. The van der Waals surface area contributed by atoms with Gasteiger partial charge in [0.1, 0.15) is 0 Å². The first-order chi connectivity index (χ1) is 8.21. The molecular formula is C12H19NO4. The highest BCUT2D eigenvalue weighted by Gasteiger charge is 2.07. The van der Waals surface area contributed by atoms with Crippen LogP contribution in [0.15, 0.2) is 18.2 Å². The van der Waals surface area contributed by atoms with Crippen molar-refractivity contribution in [3.63, 3.8) is 0 Å². The molecule has 5 heteroatoms. The van der Waals surface area contributed by atoms with E-state index in [0.29, 0.717) is 18.9 Å². The summed E-state index contributed by atoms with van der Waals surface area (Å²) in [5.74, 6) is 0.559. The number of nitrogens with one attached hydrogen (secondary N) is 1. The summed E-state index contributed by atoms with van der Waals surface area (Å²) >= 11 is 0. The van der Waals surface area contributed by atoms with E-state index in [0.717, 1.165) is 5.56 Å². The summed E-state index contributed by atoms with van der Waals surface area (Å²) in [5.41, 5.74) is 0.915. The molecule has 0 aliphatic heterocycles. The average molecular weight is 241 g/mol. The SMILES string of the molecule is COCC(CO)NCc1ccc(OC)c(O)c1. The number of aliphatic hydroxyl groups is 1. The van der Waals surface area contributed by atoms with Crippen LogP contribution in [0.5, 0.6) is 11.5 Å². The van der Waals surface area contributed by atoms with Crippen molar-refractivity contribution in [3.8, 4) is 11.5 Å². The first-order valence-corrected chi connectivity index (χ1v) is 5.40. The van der Waals surface area contributed by atoms with Gasteiger partial charge in [0.25, 0.3) is 0 Å². The molecule has 0 fully saturated rings. The van der Waals surface area contributed by atoms with E-state index in [9.17, 15) is 5.11 Å². The summed E-state index contributed by atoms with van der Waals surface area (Å²) in [5, 5.41) is 21.8. The van der Waals surface area contributed by atoms with Crippen molar-refractivity contribution in [2.45, 2.75) is 12.6 Å². The molecule has 0 saturated heterocycles. The van der Waals surface area contributed by atoms with E-state index in [4.69, 9.17) is 14.6 Å². The Hall–Kier alpha value is -1.30. The minimum Gasteiger partial charge on any atom is -0.504 e. The minimum atomic E-state index is -0.107. The lowest BCUT2D eigenvalue weighted by atomic mass is 10.2. The van der Waals surface area contributed by atoms with Gasteiger partial charge in [-0.05, 0) is 17.7 Å². The lowest BCUT2D eigenvalue weighted by Crippen LogP contribution is -2.35. The molecule has 0 bridgehead atoms. The van der Waals surface area contributed by atoms with Crippen LogP contribution in [0.3, 0.4) is 0 Å². The maximum absolute atomic E-state index is 9.59. The molecule has 0 heterocycles. The zero-order valence-electron chi connectivity index (χ0n) is 10.1. The van der Waals surface area contributed by atoms with E-state index in [1.54, 1.807) is 19.2 Å². The summed E-state index contributed by atoms with van der Waals surface area (Å²) in [6.07, 6.45) is 0. The van der Waals surface area contributed by atoms with Crippen molar-refractivity contribution in [2.75, 3.05) is 27.4 Å². The molecule has 1 aromatic rings. The molecule has 1 rings (SSSR count). The van der Waals surface area contributed by atoms with Gasteiger partial charge in [-0.15, -0.1) is 0 Å². The molecular weight excluding hydrogens is 222 g/mol. The molecule has 0 aliphatic carbocycles. The number of hydrogen-bond donors (Lipinski definition) is 3. The first-order valence-electron chi connectivity index (χ1n) is 5.40. The summed E-state index contributed by atoms with van der Waals surface area (Å²) < 4.78 is 9.91. The number of methoxy groups -OCH3 is 2. The molecule has 1 aromatic carbocycles. The number of aliphatic hydroxyl groups excluding tert-OH is 1. The van der Waals surface area contributed by atoms with Crippen molar-refractivity contribution in [3.05, 3.63) is 23.8 Å². The summed E-state index contributed by atoms with van der Waals surface area (Å²) in [4.78, 5) is 0. The number of phenols is 1. The van der Waals surface area contributed by atoms with E-state index in [-0.39, 0.29) is 18.4 Å². The maximum atomic E-state index is 9.59. The van der Waals surface area contributed by atoms with Crippen molar-refractivity contribution in [2.24, 2.45) is 0 Å². The predicted molar refractivity (Wildman–Crippen MR) is 64.2 cm³/mol. The van der Waals surface area contributed by atoms with Crippen LogP contribution in [0, 0.1) is 0 Å². The second-order valence-electron chi connectivity index (χ2n) is 3.72. The van der Waals surface area contributed by atoms with Crippen molar-refractivity contribution in [1.29, 1.82) is 0 Å². The van der Waals surface area contributed by atoms with Gasteiger partial charge in [0.05, 0.1) is 26.4 Å². The van der Waals surface area contributed by atoms with Crippen LogP contribution < -0.4 is 10.1 Å². The maximum Gasteiger partial charge on any atom is 0.160 e. The summed E-state index contributed by atoms with van der Waals surface area (Å²) in [7, 11) is 3.09. The molecule has 3 N–H and O–H groups in total. The van der Waals surface area contributed by atoms with Crippen LogP contribution in [0.4, 0.5) is 0 Å². The van der Waals surface area contributed by atoms with Crippen LogP contribution in [-0.4, -0.2) is 43.7 Å². The molecule has 1 atom stereocenters. The van der Waals surface area contributed by atoms with Gasteiger partial charge in [0.15, 0.2) is 11.5 Å². The monoisotopic (exact) mass is 241 g/mol. The Labute approximate surface area is 101 Å². The third-order valence-electron chi connectivity index (χ3n) is 2.43. The van der Waals surface area contributed by atoms with Crippen LogP contribution in [0.2, 0.25) is 0 Å². The van der Waals surface area contributed by atoms with Crippen LogP contribution in [0.1, 0.15) is 5.56 Å². The lowest BCUT2D eigenvalue weighted by Gasteiger charge is -2.15. The van der Waals surface area contributed by atoms with Crippen LogP contribution >= 0.6 is 0 Å². The molecule has 96 valence electrons. The highest BCUT2D eigenvalue weighted by molar-refractivity contribution is 5.41. The molecule has 1 unspecified atom stereocenters. The molecule has 5 nitrogen and oxygen atoms in total. The molecule has 17 heavy (non-hydrogen) atoms. The van der Waals surface area contributed by atoms with Gasteiger partial charge in [-0.25, -0.2) is 0 Å². The molecule has 0 radical (unpaired) electrons. The van der Waals surface area contributed by atoms with Gasteiger partial charge in [0.2, 0.25) is 0 Å². The van der Waals surface area contributed by atoms with E-state index in [1.165, 1.54) is 7.11 Å². The van der Waals surface area contributed by atoms with Gasteiger partial charge in [-0.3, -0.25) is 0 Å². The van der Waals surface area contributed by atoms with Crippen molar-refractivity contribution >= 4 is 0 Å². The number of benzene rings is 1. The molecule has 0 saturated carbocycles. The second kappa shape index (κ2) is 7.11. The highest BCUT2D eigenvalue weighted by Crippen LogP contribution is 2.26. The van der Waals surface area contributed by atoms with Crippen molar-refractivity contribution in [1.82, 2.24) is 5.32 Å². The van der Waals surface area contributed by atoms with E-state index >= 15 is 0 Å². The molecule has 0 spiro atoms. The average Bonchev–Trinajstić information content (AvgIpc) is 2.34.